The van der Waals surface area contributed by atoms with Crippen molar-refractivity contribution in [2.75, 3.05) is 0 Å². The third kappa shape index (κ3) is 4.63. The molecule has 4 aromatic rings. The van der Waals surface area contributed by atoms with Gasteiger partial charge in [0.25, 0.3) is 0 Å². The zero-order valence-corrected chi connectivity index (χ0v) is 20.2. The maximum atomic E-state index is 11.5. The Morgan fingerprint density at radius 2 is 0.514 bits per heavy atom. The first-order chi connectivity index (χ1) is 17.6. The maximum absolute atomic E-state index is 11.5. The molecule has 0 amide bonds. The van der Waals surface area contributed by atoms with E-state index in [1.54, 1.807) is 48.5 Å². The average molecular weight is 513 g/mol. The molecule has 0 heterocycles. The fourth-order valence-electron chi connectivity index (χ4n) is 4.45. The monoisotopic (exact) mass is 512 g/mol. The molecule has 184 valence electrons. The van der Waals surface area contributed by atoms with Gasteiger partial charge in [-0.05, 0) is 69.3 Å². The molecule has 0 bridgehead atoms. The van der Waals surface area contributed by atoms with E-state index in [0.717, 1.165) is 20.7 Å². The van der Waals surface area contributed by atoms with Crippen LogP contribution in [0.3, 0.4) is 0 Å². The molecule has 0 aromatic heterocycles. The standard InChI is InChI=1S/C28H20O8Si/c29-25(30)17-1-9-21(10-2-17)37(22-11-3-18(4-12-22)26(31)32,23-13-5-19(6-14-23)27(33)34)24-15-7-20(8-16-24)28(35)36/h1-16H,(H,29,30)(H,31,32)(H,33,34)(H,35,36). The quantitative estimate of drug-likeness (QED) is 0.206. The van der Waals surface area contributed by atoms with Crippen LogP contribution in [0, 0.1) is 0 Å². The molecule has 0 aliphatic rings. The third-order valence-corrected chi connectivity index (χ3v) is 11.1. The highest BCUT2D eigenvalue weighted by Gasteiger charge is 2.41. The summed E-state index contributed by atoms with van der Waals surface area (Å²) < 4.78 is 0. The SMILES string of the molecule is O=C(O)c1ccc([Si](c2ccc(C(=O)O)cc2)(c2ccc(C(=O)O)cc2)c2ccc(C(=O)O)cc2)cc1. The number of hydrogen-bond donors (Lipinski definition) is 4. The van der Waals surface area contributed by atoms with Crippen molar-refractivity contribution in [3.8, 4) is 0 Å². The highest BCUT2D eigenvalue weighted by atomic mass is 28.3. The van der Waals surface area contributed by atoms with E-state index < -0.39 is 32.0 Å². The Hall–Kier alpha value is -5.02. The van der Waals surface area contributed by atoms with Crippen molar-refractivity contribution in [1.29, 1.82) is 0 Å². The fourth-order valence-corrected chi connectivity index (χ4v) is 9.12. The number of carboxylic acid groups (broad SMARTS) is 4. The van der Waals surface area contributed by atoms with Crippen LogP contribution in [0.25, 0.3) is 0 Å². The number of carboxylic acids is 4. The molecule has 9 heteroatoms. The van der Waals surface area contributed by atoms with Crippen LogP contribution in [-0.4, -0.2) is 52.4 Å². The lowest BCUT2D eigenvalue weighted by molar-refractivity contribution is 0.0686. The molecule has 0 aliphatic heterocycles. The van der Waals surface area contributed by atoms with Crippen molar-refractivity contribution >= 4 is 52.7 Å². The van der Waals surface area contributed by atoms with Crippen molar-refractivity contribution in [3.05, 3.63) is 119 Å². The summed E-state index contributed by atoms with van der Waals surface area (Å²) in [6.45, 7) is 0. The number of benzene rings is 4. The van der Waals surface area contributed by atoms with Crippen LogP contribution < -0.4 is 20.7 Å². The molecule has 0 fully saturated rings. The fraction of sp³-hybridized carbons (Fsp3) is 0. The van der Waals surface area contributed by atoms with Crippen molar-refractivity contribution in [2.45, 2.75) is 0 Å². The summed E-state index contributed by atoms with van der Waals surface area (Å²) >= 11 is 0. The normalized spacial score (nSPS) is 11.0. The molecular formula is C28H20O8Si. The Balaban J connectivity index is 2.09. The molecular weight excluding hydrogens is 492 g/mol. The van der Waals surface area contributed by atoms with Crippen molar-refractivity contribution < 1.29 is 39.6 Å². The average Bonchev–Trinajstić information content (AvgIpc) is 2.90. The largest absolute Gasteiger partial charge is 0.478 e. The van der Waals surface area contributed by atoms with Gasteiger partial charge in [-0.25, -0.2) is 19.2 Å². The van der Waals surface area contributed by atoms with E-state index in [1.807, 2.05) is 0 Å². The number of hydrogen-bond acceptors (Lipinski definition) is 4. The van der Waals surface area contributed by atoms with Gasteiger partial charge in [0.2, 0.25) is 0 Å². The van der Waals surface area contributed by atoms with E-state index in [0.29, 0.717) is 0 Å². The van der Waals surface area contributed by atoms with E-state index in [9.17, 15) is 39.6 Å². The van der Waals surface area contributed by atoms with E-state index in [1.165, 1.54) is 48.5 Å². The lowest BCUT2D eigenvalue weighted by Crippen LogP contribution is -2.74. The van der Waals surface area contributed by atoms with Crippen LogP contribution in [0.4, 0.5) is 0 Å². The van der Waals surface area contributed by atoms with Gasteiger partial charge in [0.1, 0.15) is 0 Å². The molecule has 0 aliphatic carbocycles. The molecule has 4 aromatic carbocycles. The highest BCUT2D eigenvalue weighted by Crippen LogP contribution is 2.13. The van der Waals surface area contributed by atoms with E-state index in [-0.39, 0.29) is 22.3 Å². The lowest BCUT2D eigenvalue weighted by atomic mass is 10.2. The van der Waals surface area contributed by atoms with Gasteiger partial charge in [0.05, 0.1) is 22.3 Å². The second-order valence-corrected chi connectivity index (χ2v) is 12.1. The molecule has 0 unspecified atom stereocenters. The first-order valence-corrected chi connectivity index (χ1v) is 13.0. The summed E-state index contributed by atoms with van der Waals surface area (Å²) in [5.74, 6) is -4.38. The summed E-state index contributed by atoms with van der Waals surface area (Å²) in [4.78, 5) is 46.1. The van der Waals surface area contributed by atoms with Crippen molar-refractivity contribution in [3.63, 3.8) is 0 Å². The zero-order valence-electron chi connectivity index (χ0n) is 19.2. The van der Waals surface area contributed by atoms with Crippen LogP contribution >= 0.6 is 0 Å². The van der Waals surface area contributed by atoms with E-state index in [4.69, 9.17) is 0 Å². The molecule has 4 rings (SSSR count). The molecule has 8 nitrogen and oxygen atoms in total. The van der Waals surface area contributed by atoms with Crippen LogP contribution in [-0.2, 0) is 0 Å². The predicted octanol–water partition coefficient (Wildman–Crippen LogP) is 1.86. The summed E-state index contributed by atoms with van der Waals surface area (Å²) in [5.41, 5.74) is 0.316. The first kappa shape index (κ1) is 25.1. The van der Waals surface area contributed by atoms with Gasteiger partial charge < -0.3 is 20.4 Å². The van der Waals surface area contributed by atoms with Gasteiger partial charge in [0, 0.05) is 0 Å². The van der Waals surface area contributed by atoms with Gasteiger partial charge in [-0.2, -0.15) is 0 Å². The molecule has 0 saturated carbocycles. The summed E-state index contributed by atoms with van der Waals surface area (Å²) in [7, 11) is -3.30. The Bertz CT molecular complexity index is 1250. The van der Waals surface area contributed by atoms with Crippen molar-refractivity contribution in [1.82, 2.24) is 0 Å². The van der Waals surface area contributed by atoms with Gasteiger partial charge >= 0.3 is 23.9 Å². The zero-order chi connectivity index (χ0) is 26.7. The number of carbonyl (C=O) groups is 4. The minimum atomic E-state index is -3.30. The molecule has 0 atom stereocenters. The minimum Gasteiger partial charge on any atom is -0.478 e. The molecule has 4 N–H and O–H groups in total. The van der Waals surface area contributed by atoms with E-state index >= 15 is 0 Å². The van der Waals surface area contributed by atoms with Crippen LogP contribution in [0.5, 0.6) is 0 Å². The Kier molecular flexibility index (Phi) is 6.72. The van der Waals surface area contributed by atoms with Gasteiger partial charge in [-0.1, -0.05) is 48.5 Å². The summed E-state index contributed by atoms with van der Waals surface area (Å²) in [6.07, 6.45) is 0. The third-order valence-electron chi connectivity index (χ3n) is 6.26. The smallest absolute Gasteiger partial charge is 0.335 e. The number of aromatic carboxylic acids is 4. The Morgan fingerprint density at radius 1 is 0.351 bits per heavy atom. The summed E-state index contributed by atoms with van der Waals surface area (Å²) in [6, 6.07) is 25.3. The Morgan fingerprint density at radius 3 is 0.649 bits per heavy atom. The van der Waals surface area contributed by atoms with Gasteiger partial charge in [0.15, 0.2) is 8.07 Å². The number of rotatable bonds is 8. The molecule has 0 saturated heterocycles. The lowest BCUT2D eigenvalue weighted by Gasteiger charge is -2.34. The molecule has 0 spiro atoms. The Labute approximate surface area is 211 Å². The first-order valence-electron chi connectivity index (χ1n) is 11.0. The second-order valence-electron chi connectivity index (χ2n) is 8.28. The van der Waals surface area contributed by atoms with Crippen LogP contribution in [0.1, 0.15) is 41.4 Å². The van der Waals surface area contributed by atoms with Gasteiger partial charge in [-0.3, -0.25) is 0 Å². The van der Waals surface area contributed by atoms with Crippen molar-refractivity contribution in [2.24, 2.45) is 0 Å². The van der Waals surface area contributed by atoms with Crippen LogP contribution in [0.15, 0.2) is 97.1 Å². The van der Waals surface area contributed by atoms with Crippen LogP contribution in [0.2, 0.25) is 0 Å². The van der Waals surface area contributed by atoms with E-state index in [2.05, 4.69) is 0 Å². The minimum absolute atomic E-state index is 0.0790. The maximum Gasteiger partial charge on any atom is 0.335 e. The molecule has 37 heavy (non-hydrogen) atoms. The highest BCUT2D eigenvalue weighted by molar-refractivity contribution is 7.19. The molecule has 0 radical (unpaired) electrons. The predicted molar refractivity (Wildman–Crippen MR) is 138 cm³/mol. The van der Waals surface area contributed by atoms with Gasteiger partial charge in [-0.15, -0.1) is 0 Å². The topological polar surface area (TPSA) is 149 Å². The second kappa shape index (κ2) is 9.92. The summed E-state index contributed by atoms with van der Waals surface area (Å²) in [5, 5.41) is 40.7.